The van der Waals surface area contributed by atoms with Gasteiger partial charge in [0, 0.05) is 11.3 Å². The molecule has 0 saturated heterocycles. The van der Waals surface area contributed by atoms with Crippen molar-refractivity contribution < 1.29 is 18.0 Å². The van der Waals surface area contributed by atoms with Gasteiger partial charge in [-0.2, -0.15) is 4.72 Å². The van der Waals surface area contributed by atoms with E-state index >= 15 is 0 Å². The normalized spacial score (nSPS) is 13.0. The van der Waals surface area contributed by atoms with Crippen molar-refractivity contribution in [2.45, 2.75) is 51.0 Å². The summed E-state index contributed by atoms with van der Waals surface area (Å²) in [5, 5.41) is 2.62. The third-order valence-electron chi connectivity index (χ3n) is 4.29. The summed E-state index contributed by atoms with van der Waals surface area (Å²) < 4.78 is 27.5. The van der Waals surface area contributed by atoms with Gasteiger partial charge in [-0.05, 0) is 49.1 Å². The largest absolute Gasteiger partial charge is 0.325 e. The number of benzene rings is 2. The van der Waals surface area contributed by atoms with Crippen LogP contribution in [-0.2, 0) is 20.2 Å². The van der Waals surface area contributed by atoms with Crippen LogP contribution in [0.25, 0.3) is 0 Å². The summed E-state index contributed by atoms with van der Waals surface area (Å²) in [7, 11) is -3.85. The highest BCUT2D eigenvalue weighted by Gasteiger charge is 2.23. The number of anilines is 1. The predicted molar refractivity (Wildman–Crippen MR) is 110 cm³/mol. The van der Waals surface area contributed by atoms with E-state index in [4.69, 9.17) is 0 Å². The number of rotatable bonds is 6. The van der Waals surface area contributed by atoms with Crippen LogP contribution in [0.1, 0.15) is 50.5 Å². The van der Waals surface area contributed by atoms with Crippen molar-refractivity contribution in [1.82, 2.24) is 4.72 Å². The van der Waals surface area contributed by atoms with Crippen molar-refractivity contribution in [3.8, 4) is 0 Å². The summed E-state index contributed by atoms with van der Waals surface area (Å²) in [6.45, 7) is 9.03. The number of hydrogen-bond acceptors (Lipinski definition) is 4. The van der Waals surface area contributed by atoms with Crippen LogP contribution in [0.4, 0.5) is 5.69 Å². The Morgan fingerprint density at radius 2 is 1.61 bits per heavy atom. The average molecular weight is 403 g/mol. The Morgan fingerprint density at radius 1 is 1.00 bits per heavy atom. The van der Waals surface area contributed by atoms with E-state index in [2.05, 4.69) is 10.0 Å². The first-order valence-corrected chi connectivity index (χ1v) is 10.4. The van der Waals surface area contributed by atoms with Gasteiger partial charge in [-0.1, -0.05) is 45.0 Å². The van der Waals surface area contributed by atoms with E-state index in [1.807, 2.05) is 20.8 Å². The zero-order valence-electron chi connectivity index (χ0n) is 16.7. The first-order valence-electron chi connectivity index (χ1n) is 8.95. The molecule has 0 aromatic heterocycles. The molecular weight excluding hydrogens is 376 g/mol. The zero-order chi connectivity index (χ0) is 21.1. The molecule has 6 nitrogen and oxygen atoms in total. The molecule has 2 rings (SSSR count). The maximum atomic E-state index is 12.6. The molecule has 0 spiro atoms. The van der Waals surface area contributed by atoms with E-state index in [0.717, 1.165) is 5.56 Å². The lowest BCUT2D eigenvalue weighted by atomic mass is 9.87. The summed E-state index contributed by atoms with van der Waals surface area (Å²) >= 11 is 0. The average Bonchev–Trinajstić information content (AvgIpc) is 2.61. The van der Waals surface area contributed by atoms with Gasteiger partial charge >= 0.3 is 0 Å². The van der Waals surface area contributed by atoms with Gasteiger partial charge in [0.25, 0.3) is 0 Å². The molecule has 7 heteroatoms. The minimum atomic E-state index is -3.85. The topological polar surface area (TPSA) is 92.3 Å². The molecule has 0 radical (unpaired) electrons. The van der Waals surface area contributed by atoms with Gasteiger partial charge in [-0.3, -0.25) is 9.59 Å². The van der Waals surface area contributed by atoms with E-state index in [1.54, 1.807) is 36.4 Å². The fourth-order valence-corrected chi connectivity index (χ4v) is 3.76. The van der Waals surface area contributed by atoms with Crippen molar-refractivity contribution in [2.24, 2.45) is 0 Å². The minimum absolute atomic E-state index is 0.0860. The second-order valence-electron chi connectivity index (χ2n) is 7.74. The molecule has 1 atom stereocenters. The molecule has 0 unspecified atom stereocenters. The molecule has 28 heavy (non-hydrogen) atoms. The van der Waals surface area contributed by atoms with Gasteiger partial charge in [-0.15, -0.1) is 0 Å². The maximum absolute atomic E-state index is 12.6. The third kappa shape index (κ3) is 5.50. The SMILES string of the molecule is CC(=O)c1cccc(NC(=O)[C@H](C)NS(=O)(=O)c2ccc(C(C)(C)C)cc2)c1. The van der Waals surface area contributed by atoms with E-state index < -0.39 is 22.0 Å². The Morgan fingerprint density at radius 3 is 2.14 bits per heavy atom. The molecule has 1 amide bonds. The van der Waals surface area contributed by atoms with Gasteiger partial charge in [0.2, 0.25) is 15.9 Å². The van der Waals surface area contributed by atoms with Crippen molar-refractivity contribution in [3.05, 3.63) is 59.7 Å². The lowest BCUT2D eigenvalue weighted by molar-refractivity contribution is -0.117. The summed E-state index contributed by atoms with van der Waals surface area (Å²) in [4.78, 5) is 23.9. The maximum Gasteiger partial charge on any atom is 0.242 e. The van der Waals surface area contributed by atoms with E-state index in [9.17, 15) is 18.0 Å². The fraction of sp³-hybridized carbons (Fsp3) is 0.333. The second kappa shape index (κ2) is 8.24. The predicted octanol–water partition coefficient (Wildman–Crippen LogP) is 3.49. The molecule has 0 saturated carbocycles. The molecular formula is C21H26N2O4S. The van der Waals surface area contributed by atoms with Crippen LogP contribution in [0.15, 0.2) is 53.4 Å². The molecule has 0 aliphatic rings. The monoisotopic (exact) mass is 402 g/mol. The molecule has 150 valence electrons. The highest BCUT2D eigenvalue weighted by molar-refractivity contribution is 7.89. The Bertz CT molecular complexity index is 974. The number of carbonyl (C=O) groups is 2. The Labute approximate surface area is 166 Å². The van der Waals surface area contributed by atoms with Crippen LogP contribution in [-0.4, -0.2) is 26.2 Å². The Hall–Kier alpha value is -2.51. The number of carbonyl (C=O) groups excluding carboxylic acids is 2. The Balaban J connectivity index is 2.10. The summed E-state index contributed by atoms with van der Waals surface area (Å²) in [6.07, 6.45) is 0. The van der Waals surface area contributed by atoms with Crippen LogP contribution < -0.4 is 10.0 Å². The van der Waals surface area contributed by atoms with E-state index in [1.165, 1.54) is 26.0 Å². The highest BCUT2D eigenvalue weighted by Crippen LogP contribution is 2.23. The quantitative estimate of drug-likeness (QED) is 0.724. The molecule has 0 aliphatic carbocycles. The Kier molecular flexibility index (Phi) is 6.41. The summed E-state index contributed by atoms with van der Waals surface area (Å²) in [5.74, 6) is -0.640. The highest BCUT2D eigenvalue weighted by atomic mass is 32.2. The van der Waals surface area contributed by atoms with E-state index in [0.29, 0.717) is 11.3 Å². The molecule has 2 aromatic carbocycles. The number of ketones is 1. The lowest BCUT2D eigenvalue weighted by Gasteiger charge is -2.19. The van der Waals surface area contributed by atoms with Gasteiger partial charge in [0.05, 0.1) is 10.9 Å². The first kappa shape index (κ1) is 21.8. The van der Waals surface area contributed by atoms with Crippen LogP contribution in [0.3, 0.4) is 0 Å². The van der Waals surface area contributed by atoms with Crippen molar-refractivity contribution in [2.75, 3.05) is 5.32 Å². The molecule has 0 heterocycles. The minimum Gasteiger partial charge on any atom is -0.325 e. The number of sulfonamides is 1. The number of amides is 1. The van der Waals surface area contributed by atoms with Crippen molar-refractivity contribution in [3.63, 3.8) is 0 Å². The standard InChI is InChI=1S/C21H26N2O4S/c1-14(20(25)22-18-8-6-7-16(13-18)15(2)24)23-28(26,27)19-11-9-17(10-12-19)21(3,4)5/h6-14,23H,1-5H3,(H,22,25)/t14-/m0/s1. The zero-order valence-corrected chi connectivity index (χ0v) is 17.6. The lowest BCUT2D eigenvalue weighted by Crippen LogP contribution is -2.41. The van der Waals surface area contributed by atoms with Crippen LogP contribution in [0.2, 0.25) is 0 Å². The van der Waals surface area contributed by atoms with Crippen LogP contribution >= 0.6 is 0 Å². The van der Waals surface area contributed by atoms with Crippen molar-refractivity contribution >= 4 is 27.4 Å². The molecule has 0 bridgehead atoms. The van der Waals surface area contributed by atoms with Crippen LogP contribution in [0, 0.1) is 0 Å². The van der Waals surface area contributed by atoms with Gasteiger partial charge < -0.3 is 5.32 Å². The smallest absolute Gasteiger partial charge is 0.242 e. The number of hydrogen-bond donors (Lipinski definition) is 2. The molecule has 2 aromatic rings. The number of nitrogens with one attached hydrogen (secondary N) is 2. The number of Topliss-reactive ketones (excluding diaryl/α,β-unsaturated/α-hetero) is 1. The van der Waals surface area contributed by atoms with Crippen LogP contribution in [0.5, 0.6) is 0 Å². The van der Waals surface area contributed by atoms with Crippen molar-refractivity contribution in [1.29, 1.82) is 0 Å². The molecule has 2 N–H and O–H groups in total. The second-order valence-corrected chi connectivity index (χ2v) is 9.46. The van der Waals surface area contributed by atoms with E-state index in [-0.39, 0.29) is 16.1 Å². The first-order chi connectivity index (χ1) is 12.9. The van der Waals surface area contributed by atoms with Gasteiger partial charge in [0.1, 0.15) is 0 Å². The fourth-order valence-electron chi connectivity index (χ4n) is 2.55. The van der Waals surface area contributed by atoms with Gasteiger partial charge in [0.15, 0.2) is 5.78 Å². The van der Waals surface area contributed by atoms with Gasteiger partial charge in [-0.25, -0.2) is 8.42 Å². The summed E-state index contributed by atoms with van der Waals surface area (Å²) in [6, 6.07) is 12.1. The molecule has 0 fully saturated rings. The summed E-state index contributed by atoms with van der Waals surface area (Å²) in [5.41, 5.74) is 1.82. The third-order valence-corrected chi connectivity index (χ3v) is 5.85. The molecule has 0 aliphatic heterocycles.